The van der Waals surface area contributed by atoms with E-state index in [4.69, 9.17) is 14.2 Å². The third-order valence-electron chi connectivity index (χ3n) is 4.93. The van der Waals surface area contributed by atoms with Crippen LogP contribution in [0.25, 0.3) is 0 Å². The summed E-state index contributed by atoms with van der Waals surface area (Å²) in [5.74, 6) is -0.891. The predicted molar refractivity (Wildman–Crippen MR) is 109 cm³/mol. The lowest BCUT2D eigenvalue weighted by molar-refractivity contribution is -0.155. The molecule has 0 aliphatic carbocycles. The summed E-state index contributed by atoms with van der Waals surface area (Å²) in [6, 6.07) is 13.4. The molecule has 2 aromatic rings. The first kappa shape index (κ1) is 21.4. The van der Waals surface area contributed by atoms with Gasteiger partial charge in [-0.15, -0.1) is 0 Å². The smallest absolute Gasteiger partial charge is 0.338 e. The van der Waals surface area contributed by atoms with Crippen molar-refractivity contribution in [3.05, 3.63) is 65.2 Å². The van der Waals surface area contributed by atoms with E-state index in [9.17, 15) is 14.4 Å². The van der Waals surface area contributed by atoms with Gasteiger partial charge in [0.2, 0.25) is 0 Å². The molecular weight excluding hydrogens is 386 g/mol. The maximum atomic E-state index is 12.8. The first-order chi connectivity index (χ1) is 14.5. The highest BCUT2D eigenvalue weighted by Crippen LogP contribution is 2.24. The Balaban J connectivity index is 1.63. The fourth-order valence-electron chi connectivity index (χ4n) is 3.33. The second kappa shape index (κ2) is 9.91. The normalized spacial score (nSPS) is 15.1. The van der Waals surface area contributed by atoms with E-state index in [2.05, 4.69) is 0 Å². The van der Waals surface area contributed by atoms with Gasteiger partial charge in [0.05, 0.1) is 19.3 Å². The lowest BCUT2D eigenvalue weighted by atomic mass is 9.94. The van der Waals surface area contributed by atoms with E-state index < -0.39 is 30.5 Å². The number of esters is 2. The van der Waals surface area contributed by atoms with Gasteiger partial charge in [0.1, 0.15) is 11.8 Å². The Morgan fingerprint density at radius 3 is 2.40 bits per heavy atom. The Kier molecular flexibility index (Phi) is 7.06. The number of fused-ring (bicyclic) bond motifs is 1. The van der Waals surface area contributed by atoms with Crippen molar-refractivity contribution in [2.45, 2.75) is 32.4 Å². The number of ether oxygens (including phenoxy) is 3. The maximum Gasteiger partial charge on any atom is 0.338 e. The molecule has 158 valence electrons. The highest BCUT2D eigenvalue weighted by Gasteiger charge is 2.35. The van der Waals surface area contributed by atoms with E-state index in [1.165, 1.54) is 12.0 Å². The Hall–Kier alpha value is -3.35. The van der Waals surface area contributed by atoms with Crippen LogP contribution in [0, 0.1) is 0 Å². The first-order valence-electron chi connectivity index (χ1n) is 9.87. The van der Waals surface area contributed by atoms with E-state index >= 15 is 0 Å². The minimum atomic E-state index is -0.744. The minimum absolute atomic E-state index is 0.260. The van der Waals surface area contributed by atoms with Crippen LogP contribution >= 0.6 is 0 Å². The molecule has 1 aliphatic heterocycles. The Morgan fingerprint density at radius 2 is 1.73 bits per heavy atom. The van der Waals surface area contributed by atoms with Gasteiger partial charge >= 0.3 is 11.9 Å². The molecule has 0 spiro atoms. The summed E-state index contributed by atoms with van der Waals surface area (Å²) in [4.78, 5) is 38.7. The van der Waals surface area contributed by atoms with Crippen LogP contribution in [0.3, 0.4) is 0 Å². The summed E-state index contributed by atoms with van der Waals surface area (Å²) in [5.41, 5.74) is 2.28. The van der Waals surface area contributed by atoms with Crippen LogP contribution in [0.1, 0.15) is 34.8 Å². The second-order valence-electron chi connectivity index (χ2n) is 6.98. The van der Waals surface area contributed by atoms with E-state index in [0.717, 1.165) is 17.5 Å². The molecule has 7 nitrogen and oxygen atoms in total. The molecule has 0 unspecified atom stereocenters. The van der Waals surface area contributed by atoms with E-state index in [-0.39, 0.29) is 6.54 Å². The number of benzene rings is 2. The first-order valence-corrected chi connectivity index (χ1v) is 9.87. The molecule has 1 amide bonds. The van der Waals surface area contributed by atoms with Gasteiger partial charge in [-0.25, -0.2) is 9.59 Å². The Bertz CT molecular complexity index is 908. The van der Waals surface area contributed by atoms with Crippen molar-refractivity contribution in [1.82, 2.24) is 4.90 Å². The maximum absolute atomic E-state index is 12.8. The van der Waals surface area contributed by atoms with Gasteiger partial charge in [0.15, 0.2) is 6.61 Å². The fraction of sp³-hybridized carbons (Fsp3) is 0.348. The number of nitrogens with zero attached hydrogens (tertiary/aromatic N) is 1. The molecule has 0 N–H and O–H groups in total. The van der Waals surface area contributed by atoms with Crippen molar-refractivity contribution in [1.29, 1.82) is 0 Å². The van der Waals surface area contributed by atoms with E-state index in [0.29, 0.717) is 24.3 Å². The summed E-state index contributed by atoms with van der Waals surface area (Å²) in [6.45, 7) is 2.41. The second-order valence-corrected chi connectivity index (χ2v) is 6.98. The van der Waals surface area contributed by atoms with Crippen molar-refractivity contribution >= 4 is 17.8 Å². The van der Waals surface area contributed by atoms with Gasteiger partial charge in [-0.1, -0.05) is 31.2 Å². The molecule has 3 rings (SSSR count). The number of rotatable bonds is 7. The molecule has 0 saturated carbocycles. The third-order valence-corrected chi connectivity index (χ3v) is 4.93. The largest absolute Gasteiger partial charge is 0.494 e. The summed E-state index contributed by atoms with van der Waals surface area (Å²) in [7, 11) is 1.29. The van der Waals surface area contributed by atoms with Gasteiger partial charge in [0, 0.05) is 13.0 Å². The van der Waals surface area contributed by atoms with Crippen LogP contribution in [0.4, 0.5) is 0 Å². The number of amides is 1. The van der Waals surface area contributed by atoms with Gasteiger partial charge in [0.25, 0.3) is 5.91 Å². The molecule has 0 fully saturated rings. The number of hydrogen-bond donors (Lipinski definition) is 0. The quantitative estimate of drug-likeness (QED) is 0.652. The summed E-state index contributed by atoms with van der Waals surface area (Å²) < 4.78 is 15.5. The number of carbonyl (C=O) groups is 3. The summed E-state index contributed by atoms with van der Waals surface area (Å²) >= 11 is 0. The Morgan fingerprint density at radius 1 is 1.03 bits per heavy atom. The van der Waals surface area contributed by atoms with E-state index in [1.54, 1.807) is 24.3 Å². The average Bonchev–Trinajstić information content (AvgIpc) is 2.79. The van der Waals surface area contributed by atoms with E-state index in [1.807, 2.05) is 31.2 Å². The SMILES string of the molecule is CCCOc1ccc(C(=O)OCC(=O)N2Cc3ccccc3C[C@@H]2C(=O)OC)cc1. The van der Waals surface area contributed by atoms with Crippen LogP contribution in [-0.4, -0.2) is 49.1 Å². The molecular formula is C23H25NO6. The Labute approximate surface area is 175 Å². The molecule has 1 heterocycles. The fourth-order valence-corrected chi connectivity index (χ4v) is 3.33. The standard InChI is InChI=1S/C23H25NO6/c1-3-12-29-19-10-8-16(9-11-19)22(26)30-15-21(25)24-14-18-7-5-4-6-17(18)13-20(24)23(27)28-2/h4-11,20H,3,12-15H2,1-2H3/t20-/m1/s1. The summed E-state index contributed by atoms with van der Waals surface area (Å²) in [5, 5.41) is 0. The van der Waals surface area contributed by atoms with Crippen molar-refractivity contribution in [2.24, 2.45) is 0 Å². The predicted octanol–water partition coefficient (Wildman–Crippen LogP) is 2.76. The van der Waals surface area contributed by atoms with Gasteiger partial charge in [-0.3, -0.25) is 4.79 Å². The number of hydrogen-bond acceptors (Lipinski definition) is 6. The van der Waals surface area contributed by atoms with Crippen LogP contribution in [0.5, 0.6) is 5.75 Å². The van der Waals surface area contributed by atoms with Crippen molar-refractivity contribution < 1.29 is 28.6 Å². The number of methoxy groups -OCH3 is 1. The third kappa shape index (κ3) is 4.97. The number of carbonyl (C=O) groups excluding carboxylic acids is 3. The summed E-state index contributed by atoms with van der Waals surface area (Å²) in [6.07, 6.45) is 1.25. The van der Waals surface area contributed by atoms with Crippen LogP contribution in [0.15, 0.2) is 48.5 Å². The molecule has 7 heteroatoms. The zero-order valence-electron chi connectivity index (χ0n) is 17.1. The van der Waals surface area contributed by atoms with Crippen LogP contribution in [0.2, 0.25) is 0 Å². The molecule has 0 bridgehead atoms. The monoisotopic (exact) mass is 411 g/mol. The van der Waals surface area contributed by atoms with Crippen molar-refractivity contribution in [3.8, 4) is 5.75 Å². The molecule has 0 aromatic heterocycles. The molecule has 0 saturated heterocycles. The van der Waals surface area contributed by atoms with Crippen LogP contribution in [-0.2, 0) is 32.0 Å². The van der Waals surface area contributed by atoms with Gasteiger partial charge in [-0.2, -0.15) is 0 Å². The minimum Gasteiger partial charge on any atom is -0.494 e. The average molecular weight is 411 g/mol. The molecule has 1 aliphatic rings. The van der Waals surface area contributed by atoms with Gasteiger partial charge < -0.3 is 19.1 Å². The molecule has 1 atom stereocenters. The molecule has 2 aromatic carbocycles. The van der Waals surface area contributed by atoms with Gasteiger partial charge in [-0.05, 0) is 41.8 Å². The highest BCUT2D eigenvalue weighted by molar-refractivity contribution is 5.92. The highest BCUT2D eigenvalue weighted by atomic mass is 16.5. The molecule has 30 heavy (non-hydrogen) atoms. The van der Waals surface area contributed by atoms with Crippen molar-refractivity contribution in [3.63, 3.8) is 0 Å². The zero-order valence-corrected chi connectivity index (χ0v) is 17.1. The topological polar surface area (TPSA) is 82.1 Å². The van der Waals surface area contributed by atoms with Crippen molar-refractivity contribution in [2.75, 3.05) is 20.3 Å². The molecule has 0 radical (unpaired) electrons. The van der Waals surface area contributed by atoms with Crippen LogP contribution < -0.4 is 4.74 Å². The lowest BCUT2D eigenvalue weighted by Crippen LogP contribution is -2.50. The lowest BCUT2D eigenvalue weighted by Gasteiger charge is -2.35. The zero-order chi connectivity index (χ0) is 21.5.